The van der Waals surface area contributed by atoms with Crippen LogP contribution in [0.25, 0.3) is 0 Å². The van der Waals surface area contributed by atoms with Crippen molar-refractivity contribution in [2.75, 3.05) is 26.2 Å². The molecule has 0 aliphatic carbocycles. The maximum Gasteiger partial charge on any atom is 0.223 e. The van der Waals surface area contributed by atoms with Crippen LogP contribution in [-0.4, -0.2) is 49.1 Å². The number of carbonyl (C=O) groups excluding carboxylic acids is 1. The van der Waals surface area contributed by atoms with Gasteiger partial charge in [-0.1, -0.05) is 6.92 Å². The van der Waals surface area contributed by atoms with Crippen LogP contribution in [0, 0.1) is 11.8 Å². The average molecular weight is 328 g/mol. The van der Waals surface area contributed by atoms with Gasteiger partial charge < -0.3 is 10.6 Å². The van der Waals surface area contributed by atoms with Gasteiger partial charge in [0.25, 0.3) is 0 Å². The summed E-state index contributed by atoms with van der Waals surface area (Å²) in [4.78, 5) is 14.3. The van der Waals surface area contributed by atoms with Crippen molar-refractivity contribution in [3.05, 3.63) is 0 Å². The van der Waals surface area contributed by atoms with Gasteiger partial charge in [-0.15, -0.1) is 24.8 Å². The molecule has 122 valence electrons. The summed E-state index contributed by atoms with van der Waals surface area (Å²) in [5, 5.41) is 6.28. The first-order chi connectivity index (χ1) is 8.43. The van der Waals surface area contributed by atoms with Crippen molar-refractivity contribution in [2.24, 2.45) is 11.8 Å². The van der Waals surface area contributed by atoms with E-state index in [2.05, 4.69) is 43.2 Å². The zero-order chi connectivity index (χ0) is 13.7. The summed E-state index contributed by atoms with van der Waals surface area (Å²) < 4.78 is 0. The zero-order valence-corrected chi connectivity index (χ0v) is 14.9. The summed E-state index contributed by atoms with van der Waals surface area (Å²) in [7, 11) is 0. The van der Waals surface area contributed by atoms with Crippen molar-refractivity contribution in [3.8, 4) is 0 Å². The smallest absolute Gasteiger partial charge is 0.223 e. The van der Waals surface area contributed by atoms with Crippen LogP contribution in [0.5, 0.6) is 0 Å². The highest BCUT2D eigenvalue weighted by molar-refractivity contribution is 5.85. The van der Waals surface area contributed by atoms with Crippen molar-refractivity contribution in [1.29, 1.82) is 0 Å². The third-order valence-electron chi connectivity index (χ3n) is 3.93. The molecule has 1 amide bonds. The highest BCUT2D eigenvalue weighted by atomic mass is 35.5. The Hall–Kier alpha value is -0.0300. The predicted molar refractivity (Wildman–Crippen MR) is 90.0 cm³/mol. The highest BCUT2D eigenvalue weighted by Crippen LogP contribution is 2.15. The number of hydrogen-bond donors (Lipinski definition) is 2. The van der Waals surface area contributed by atoms with Gasteiger partial charge in [-0.2, -0.15) is 0 Å². The van der Waals surface area contributed by atoms with Crippen LogP contribution in [0.4, 0.5) is 0 Å². The molecule has 1 heterocycles. The SMILES string of the molecule is CC(C(=O)NCCN(C(C)C)C(C)C)C1CNC1.Cl.Cl. The fraction of sp³-hybridized carbons (Fsp3) is 0.929. The number of amides is 1. The molecule has 0 aromatic heterocycles. The third kappa shape index (κ3) is 6.61. The summed E-state index contributed by atoms with van der Waals surface area (Å²) in [6.45, 7) is 14.5. The standard InChI is InChI=1S/C14H29N3O.2ClH/c1-10(2)17(11(3)4)7-6-16-14(18)12(5)13-8-15-9-13;;/h10-13,15H,6-9H2,1-5H3,(H,16,18);2*1H. The molecule has 1 unspecified atom stereocenters. The van der Waals surface area contributed by atoms with E-state index in [1.165, 1.54) is 0 Å². The molecule has 1 aliphatic heterocycles. The summed E-state index contributed by atoms with van der Waals surface area (Å²) in [6, 6.07) is 1.05. The lowest BCUT2D eigenvalue weighted by atomic mass is 9.88. The lowest BCUT2D eigenvalue weighted by Gasteiger charge is -2.33. The maximum atomic E-state index is 11.9. The van der Waals surface area contributed by atoms with Gasteiger partial charge in [0.2, 0.25) is 5.91 Å². The van der Waals surface area contributed by atoms with E-state index in [0.717, 1.165) is 26.2 Å². The molecule has 4 nitrogen and oxygen atoms in total. The molecule has 6 heteroatoms. The lowest BCUT2D eigenvalue weighted by Crippen LogP contribution is -2.50. The molecule has 0 spiro atoms. The third-order valence-corrected chi connectivity index (χ3v) is 3.93. The summed E-state index contributed by atoms with van der Waals surface area (Å²) in [5.74, 6) is 0.864. The van der Waals surface area contributed by atoms with E-state index in [-0.39, 0.29) is 36.6 Å². The molecular weight excluding hydrogens is 297 g/mol. The van der Waals surface area contributed by atoms with E-state index in [1.54, 1.807) is 0 Å². The summed E-state index contributed by atoms with van der Waals surface area (Å²) >= 11 is 0. The second-order valence-corrected chi connectivity index (χ2v) is 5.92. The van der Waals surface area contributed by atoms with Crippen molar-refractivity contribution in [2.45, 2.75) is 46.7 Å². The Morgan fingerprint density at radius 2 is 1.65 bits per heavy atom. The first-order valence-corrected chi connectivity index (χ1v) is 7.17. The fourth-order valence-electron chi connectivity index (χ4n) is 2.46. The predicted octanol–water partition coefficient (Wildman–Crippen LogP) is 1.92. The monoisotopic (exact) mass is 327 g/mol. The zero-order valence-electron chi connectivity index (χ0n) is 13.3. The first-order valence-electron chi connectivity index (χ1n) is 7.17. The van der Waals surface area contributed by atoms with Crippen LogP contribution >= 0.6 is 24.8 Å². The Labute approximate surface area is 136 Å². The number of rotatable bonds is 7. The number of nitrogens with one attached hydrogen (secondary N) is 2. The molecule has 20 heavy (non-hydrogen) atoms. The number of nitrogens with zero attached hydrogens (tertiary/aromatic N) is 1. The molecule has 0 saturated carbocycles. The molecule has 1 atom stereocenters. The van der Waals surface area contributed by atoms with E-state index in [0.29, 0.717) is 18.0 Å². The van der Waals surface area contributed by atoms with Crippen molar-refractivity contribution < 1.29 is 4.79 Å². The van der Waals surface area contributed by atoms with Crippen molar-refractivity contribution in [1.82, 2.24) is 15.5 Å². The molecule has 0 radical (unpaired) electrons. The molecule has 0 bridgehead atoms. The quantitative estimate of drug-likeness (QED) is 0.750. The van der Waals surface area contributed by atoms with Gasteiger partial charge in [0.15, 0.2) is 0 Å². The summed E-state index contributed by atoms with van der Waals surface area (Å²) in [6.07, 6.45) is 0. The first kappa shape index (κ1) is 22.3. The van der Waals surface area contributed by atoms with Crippen LogP contribution in [-0.2, 0) is 4.79 Å². The topological polar surface area (TPSA) is 44.4 Å². The molecule has 2 N–H and O–H groups in total. The Kier molecular flexibility index (Phi) is 11.9. The molecule has 0 aromatic rings. The lowest BCUT2D eigenvalue weighted by molar-refractivity contribution is -0.126. The van der Waals surface area contributed by atoms with Crippen LogP contribution in [0.15, 0.2) is 0 Å². The van der Waals surface area contributed by atoms with Gasteiger partial charge >= 0.3 is 0 Å². The Morgan fingerprint density at radius 3 is 2.00 bits per heavy atom. The van der Waals surface area contributed by atoms with E-state index < -0.39 is 0 Å². The average Bonchev–Trinajstić information content (AvgIpc) is 2.20. The molecule has 1 fully saturated rings. The minimum absolute atomic E-state index is 0. The highest BCUT2D eigenvalue weighted by Gasteiger charge is 2.28. The van der Waals surface area contributed by atoms with E-state index >= 15 is 0 Å². The van der Waals surface area contributed by atoms with Crippen LogP contribution in [0.1, 0.15) is 34.6 Å². The van der Waals surface area contributed by atoms with Crippen molar-refractivity contribution >= 4 is 30.7 Å². The largest absolute Gasteiger partial charge is 0.355 e. The van der Waals surface area contributed by atoms with E-state index in [9.17, 15) is 4.79 Å². The minimum Gasteiger partial charge on any atom is -0.355 e. The minimum atomic E-state index is 0. The van der Waals surface area contributed by atoms with Gasteiger partial charge in [-0.3, -0.25) is 9.69 Å². The second-order valence-electron chi connectivity index (χ2n) is 5.92. The van der Waals surface area contributed by atoms with Gasteiger partial charge in [0.1, 0.15) is 0 Å². The molecule has 1 saturated heterocycles. The van der Waals surface area contributed by atoms with Gasteiger partial charge in [-0.05, 0) is 46.7 Å². The number of carbonyl (C=O) groups is 1. The van der Waals surface area contributed by atoms with Gasteiger partial charge in [-0.25, -0.2) is 0 Å². The molecule has 1 rings (SSSR count). The number of halogens is 2. The van der Waals surface area contributed by atoms with Gasteiger partial charge in [0.05, 0.1) is 0 Å². The Bertz CT molecular complexity index is 263. The fourth-order valence-corrected chi connectivity index (χ4v) is 2.46. The van der Waals surface area contributed by atoms with E-state index in [1.807, 2.05) is 6.92 Å². The Balaban J connectivity index is 0. The van der Waals surface area contributed by atoms with Crippen LogP contribution in [0.3, 0.4) is 0 Å². The van der Waals surface area contributed by atoms with E-state index in [4.69, 9.17) is 0 Å². The Morgan fingerprint density at radius 1 is 1.15 bits per heavy atom. The second kappa shape index (κ2) is 10.7. The van der Waals surface area contributed by atoms with Gasteiger partial charge in [0, 0.05) is 31.1 Å². The maximum absolute atomic E-state index is 11.9. The van der Waals surface area contributed by atoms with Crippen molar-refractivity contribution in [3.63, 3.8) is 0 Å². The van der Waals surface area contributed by atoms with Crippen LogP contribution < -0.4 is 10.6 Å². The normalized spacial score (nSPS) is 16.4. The molecular formula is C14H31Cl2N3O. The summed E-state index contributed by atoms with van der Waals surface area (Å²) in [5.41, 5.74) is 0. The number of hydrogen-bond acceptors (Lipinski definition) is 3. The van der Waals surface area contributed by atoms with Crippen LogP contribution in [0.2, 0.25) is 0 Å². The molecule has 0 aromatic carbocycles. The molecule has 1 aliphatic rings.